The molecule has 2 aromatic heterocycles. The van der Waals surface area contributed by atoms with Crippen molar-refractivity contribution in [2.24, 2.45) is 0 Å². The lowest BCUT2D eigenvalue weighted by molar-refractivity contribution is -0.118. The average Bonchev–Trinajstić information content (AvgIpc) is 2.92. The van der Waals surface area contributed by atoms with Crippen molar-refractivity contribution in [3.8, 4) is 17.1 Å². The number of hydrogen-bond donors (Lipinski definition) is 3. The number of pyridine rings is 2. The number of rotatable bonds is 6. The SMILES string of the molecule is O=C(O)NC1(c2ccc(-c3nc4c(cc3C(c3ccccc3)c3ccncc3)NC(=O)CO4)cc2)CCC1. The normalized spacial score (nSPS) is 16.3. The van der Waals surface area contributed by atoms with Gasteiger partial charge < -0.3 is 20.5 Å². The first-order valence-corrected chi connectivity index (χ1v) is 12.6. The summed E-state index contributed by atoms with van der Waals surface area (Å²) in [5.41, 5.74) is 5.53. The third-order valence-corrected chi connectivity index (χ3v) is 7.38. The van der Waals surface area contributed by atoms with E-state index in [9.17, 15) is 14.7 Å². The van der Waals surface area contributed by atoms with Crippen molar-refractivity contribution in [3.63, 3.8) is 0 Å². The van der Waals surface area contributed by atoms with E-state index in [1.807, 2.05) is 60.7 Å². The van der Waals surface area contributed by atoms with Gasteiger partial charge in [0.1, 0.15) is 5.69 Å². The maximum Gasteiger partial charge on any atom is 0.405 e. The Morgan fingerprint density at radius 2 is 1.71 bits per heavy atom. The molecule has 1 atom stereocenters. The smallest absolute Gasteiger partial charge is 0.405 e. The summed E-state index contributed by atoms with van der Waals surface area (Å²) in [6.07, 6.45) is 5.04. The van der Waals surface area contributed by atoms with Gasteiger partial charge in [-0.15, -0.1) is 0 Å². The van der Waals surface area contributed by atoms with E-state index in [-0.39, 0.29) is 18.4 Å². The van der Waals surface area contributed by atoms with Crippen molar-refractivity contribution in [2.45, 2.75) is 30.7 Å². The van der Waals surface area contributed by atoms with E-state index in [1.165, 1.54) is 0 Å². The quantitative estimate of drug-likeness (QED) is 0.327. The Kier molecular flexibility index (Phi) is 5.99. The van der Waals surface area contributed by atoms with Crippen LogP contribution in [0.3, 0.4) is 0 Å². The van der Waals surface area contributed by atoms with Gasteiger partial charge in [-0.05, 0) is 59.7 Å². The van der Waals surface area contributed by atoms with Gasteiger partial charge in [-0.1, -0.05) is 54.6 Å². The number of ether oxygens (including phenoxy) is 1. The molecule has 6 rings (SSSR count). The largest absolute Gasteiger partial charge is 0.466 e. The molecule has 1 saturated carbocycles. The van der Waals surface area contributed by atoms with Gasteiger partial charge in [0, 0.05) is 23.9 Å². The molecule has 0 radical (unpaired) electrons. The molecule has 0 bridgehead atoms. The highest BCUT2D eigenvalue weighted by molar-refractivity contribution is 5.95. The van der Waals surface area contributed by atoms with Gasteiger partial charge in [0.25, 0.3) is 5.91 Å². The van der Waals surface area contributed by atoms with E-state index in [4.69, 9.17) is 9.72 Å². The summed E-state index contributed by atoms with van der Waals surface area (Å²) in [6.45, 7) is -0.0897. The number of carboxylic acid groups (broad SMARTS) is 1. The van der Waals surface area contributed by atoms with E-state index in [0.717, 1.165) is 52.8 Å². The molecule has 38 heavy (non-hydrogen) atoms. The van der Waals surface area contributed by atoms with Gasteiger partial charge in [-0.3, -0.25) is 9.78 Å². The molecule has 2 aliphatic rings. The van der Waals surface area contributed by atoms with Gasteiger partial charge in [-0.25, -0.2) is 9.78 Å². The minimum Gasteiger partial charge on any atom is -0.466 e. The molecule has 190 valence electrons. The Labute approximate surface area is 219 Å². The number of amides is 2. The molecular formula is C30H26N4O4. The van der Waals surface area contributed by atoms with Crippen LogP contribution in [0, 0.1) is 0 Å². The van der Waals surface area contributed by atoms with Gasteiger partial charge in [0.2, 0.25) is 5.88 Å². The fourth-order valence-corrected chi connectivity index (χ4v) is 5.40. The van der Waals surface area contributed by atoms with Crippen molar-refractivity contribution in [3.05, 3.63) is 107 Å². The third-order valence-electron chi connectivity index (χ3n) is 7.38. The molecule has 3 N–H and O–H groups in total. The van der Waals surface area contributed by atoms with E-state index >= 15 is 0 Å². The van der Waals surface area contributed by atoms with Crippen molar-refractivity contribution >= 4 is 17.7 Å². The van der Waals surface area contributed by atoms with Crippen LogP contribution in [0.5, 0.6) is 5.88 Å². The highest BCUT2D eigenvalue weighted by Crippen LogP contribution is 2.44. The molecule has 0 saturated heterocycles. The zero-order valence-corrected chi connectivity index (χ0v) is 20.6. The fourth-order valence-electron chi connectivity index (χ4n) is 5.40. The first-order chi connectivity index (χ1) is 18.5. The zero-order chi connectivity index (χ0) is 26.1. The molecule has 4 aromatic rings. The molecule has 0 spiro atoms. The van der Waals surface area contributed by atoms with Crippen LogP contribution in [0.25, 0.3) is 11.3 Å². The number of carbonyl (C=O) groups excluding carboxylic acids is 1. The standard InChI is InChI=1S/C30H26N4O4/c35-25-18-38-28-24(32-25)17-23(26(19-5-2-1-3-6-19)20-11-15-31-16-12-20)27(33-28)21-7-9-22(10-8-21)30(13-4-14-30)34-29(36)37/h1-3,5-12,15-17,26,34H,4,13-14,18H2,(H,32,35)(H,36,37). The van der Waals surface area contributed by atoms with Crippen LogP contribution in [0.2, 0.25) is 0 Å². The van der Waals surface area contributed by atoms with Crippen molar-refractivity contribution in [1.82, 2.24) is 15.3 Å². The number of carbonyl (C=O) groups is 2. The maximum atomic E-state index is 12.1. The van der Waals surface area contributed by atoms with Gasteiger partial charge in [0.15, 0.2) is 6.61 Å². The molecule has 1 fully saturated rings. The Morgan fingerprint density at radius 3 is 2.37 bits per heavy atom. The second-order valence-electron chi connectivity index (χ2n) is 9.68. The number of nitrogens with one attached hydrogen (secondary N) is 2. The summed E-state index contributed by atoms with van der Waals surface area (Å²) < 4.78 is 5.68. The topological polar surface area (TPSA) is 113 Å². The number of nitrogens with zero attached hydrogens (tertiary/aromatic N) is 2. The summed E-state index contributed by atoms with van der Waals surface area (Å²) in [5, 5.41) is 15.0. The summed E-state index contributed by atoms with van der Waals surface area (Å²) >= 11 is 0. The van der Waals surface area contributed by atoms with E-state index < -0.39 is 11.6 Å². The molecule has 3 heterocycles. The van der Waals surface area contributed by atoms with Gasteiger partial charge >= 0.3 is 6.09 Å². The Balaban J connectivity index is 1.50. The average molecular weight is 507 g/mol. The van der Waals surface area contributed by atoms with Crippen LogP contribution in [0.15, 0.2) is 85.2 Å². The van der Waals surface area contributed by atoms with E-state index in [2.05, 4.69) is 27.8 Å². The van der Waals surface area contributed by atoms with Gasteiger partial charge in [0.05, 0.1) is 11.2 Å². The number of anilines is 1. The zero-order valence-electron chi connectivity index (χ0n) is 20.6. The number of aromatic nitrogens is 2. The lowest BCUT2D eigenvalue weighted by Gasteiger charge is -2.42. The van der Waals surface area contributed by atoms with Crippen LogP contribution in [0.4, 0.5) is 10.5 Å². The number of benzene rings is 2. The summed E-state index contributed by atoms with van der Waals surface area (Å²) in [4.78, 5) is 32.7. The summed E-state index contributed by atoms with van der Waals surface area (Å²) in [7, 11) is 0. The Bertz CT molecular complexity index is 1450. The summed E-state index contributed by atoms with van der Waals surface area (Å²) in [5.74, 6) is -0.0339. The lowest BCUT2D eigenvalue weighted by atomic mass is 9.71. The first kappa shape index (κ1) is 23.7. The Morgan fingerprint density at radius 1 is 1.00 bits per heavy atom. The molecule has 2 aromatic carbocycles. The first-order valence-electron chi connectivity index (χ1n) is 12.6. The molecule has 8 heteroatoms. The molecule has 1 aliphatic heterocycles. The highest BCUT2D eigenvalue weighted by atomic mass is 16.5. The van der Waals surface area contributed by atoms with Crippen LogP contribution < -0.4 is 15.4 Å². The summed E-state index contributed by atoms with van der Waals surface area (Å²) in [6, 6.07) is 23.9. The van der Waals surface area contributed by atoms with Crippen LogP contribution in [-0.2, 0) is 10.3 Å². The molecule has 8 nitrogen and oxygen atoms in total. The number of fused-ring (bicyclic) bond motifs is 1. The predicted molar refractivity (Wildman–Crippen MR) is 142 cm³/mol. The van der Waals surface area contributed by atoms with Crippen molar-refractivity contribution in [2.75, 3.05) is 11.9 Å². The number of hydrogen-bond acceptors (Lipinski definition) is 5. The van der Waals surface area contributed by atoms with Crippen molar-refractivity contribution < 1.29 is 19.4 Å². The monoisotopic (exact) mass is 506 g/mol. The maximum absolute atomic E-state index is 12.1. The van der Waals surface area contributed by atoms with Gasteiger partial charge in [-0.2, -0.15) is 0 Å². The molecular weight excluding hydrogens is 480 g/mol. The highest BCUT2D eigenvalue weighted by Gasteiger charge is 2.40. The predicted octanol–water partition coefficient (Wildman–Crippen LogP) is 5.30. The van der Waals surface area contributed by atoms with Crippen LogP contribution in [-0.4, -0.2) is 33.7 Å². The minimum atomic E-state index is -1.02. The van der Waals surface area contributed by atoms with E-state index in [0.29, 0.717) is 11.6 Å². The van der Waals surface area contributed by atoms with E-state index in [1.54, 1.807) is 12.4 Å². The molecule has 1 aliphatic carbocycles. The van der Waals surface area contributed by atoms with Crippen molar-refractivity contribution in [1.29, 1.82) is 0 Å². The third kappa shape index (κ3) is 4.34. The second-order valence-corrected chi connectivity index (χ2v) is 9.68. The molecule has 2 amide bonds. The lowest BCUT2D eigenvalue weighted by Crippen LogP contribution is -2.50. The van der Waals surface area contributed by atoms with Crippen LogP contribution >= 0.6 is 0 Å². The van der Waals surface area contributed by atoms with Crippen LogP contribution in [0.1, 0.15) is 47.4 Å². The Hall–Kier alpha value is -4.72. The second kappa shape index (κ2) is 9.63. The molecule has 1 unspecified atom stereocenters. The fraction of sp³-hybridized carbons (Fsp3) is 0.200. The minimum absolute atomic E-state index is 0.0897.